The zero-order valence-corrected chi connectivity index (χ0v) is 8.72. The summed E-state index contributed by atoms with van der Waals surface area (Å²) in [5.41, 5.74) is 0.753. The van der Waals surface area contributed by atoms with Gasteiger partial charge >= 0.3 is 5.97 Å². The molecule has 1 aromatic heterocycles. The highest BCUT2D eigenvalue weighted by Gasteiger charge is 2.30. The molecule has 6 nitrogen and oxygen atoms in total. The molecule has 6 heteroatoms. The van der Waals surface area contributed by atoms with Gasteiger partial charge in [-0.1, -0.05) is 0 Å². The van der Waals surface area contributed by atoms with Gasteiger partial charge in [0.05, 0.1) is 12.3 Å². The van der Waals surface area contributed by atoms with E-state index in [1.807, 2.05) is 0 Å². The molecule has 0 aromatic carbocycles. The van der Waals surface area contributed by atoms with Crippen LogP contribution in [0.25, 0.3) is 0 Å². The maximum absolute atomic E-state index is 11.8. The number of rotatable bonds is 3. The number of carbonyl (C=O) groups excluding carboxylic acids is 1. The lowest BCUT2D eigenvalue weighted by Gasteiger charge is -2.14. The monoisotopic (exact) mass is 223 g/mol. The lowest BCUT2D eigenvalue weighted by Crippen LogP contribution is -2.31. The molecule has 0 saturated carbocycles. The summed E-state index contributed by atoms with van der Waals surface area (Å²) in [5, 5.41) is 15.3. The van der Waals surface area contributed by atoms with Crippen molar-refractivity contribution in [3.8, 4) is 0 Å². The third-order valence-corrected chi connectivity index (χ3v) is 2.79. The van der Waals surface area contributed by atoms with Gasteiger partial charge in [0.1, 0.15) is 0 Å². The van der Waals surface area contributed by atoms with Gasteiger partial charge in [-0.2, -0.15) is 5.10 Å². The highest BCUT2D eigenvalue weighted by molar-refractivity contribution is 5.80. The molecule has 1 aliphatic rings. The fourth-order valence-electron chi connectivity index (χ4n) is 1.85. The number of likely N-dealkylation sites (tertiary alicyclic amines) is 1. The molecule has 16 heavy (non-hydrogen) atoms. The average Bonchev–Trinajstić information content (AvgIpc) is 2.86. The van der Waals surface area contributed by atoms with E-state index in [2.05, 4.69) is 10.2 Å². The number of nitrogens with one attached hydrogen (secondary N) is 1. The fourth-order valence-corrected chi connectivity index (χ4v) is 1.85. The Morgan fingerprint density at radius 2 is 2.44 bits per heavy atom. The first-order valence-electron chi connectivity index (χ1n) is 5.15. The van der Waals surface area contributed by atoms with Gasteiger partial charge in [0.2, 0.25) is 5.91 Å². The summed E-state index contributed by atoms with van der Waals surface area (Å²) < 4.78 is 0. The number of carboxylic acids is 1. The minimum absolute atomic E-state index is 0.0481. The first-order chi connectivity index (χ1) is 7.66. The van der Waals surface area contributed by atoms with Crippen molar-refractivity contribution in [2.75, 3.05) is 13.1 Å². The van der Waals surface area contributed by atoms with Gasteiger partial charge < -0.3 is 10.0 Å². The number of aromatic amines is 1. The van der Waals surface area contributed by atoms with Crippen LogP contribution in [0, 0.1) is 5.92 Å². The van der Waals surface area contributed by atoms with Crippen molar-refractivity contribution in [3.05, 3.63) is 18.0 Å². The Labute approximate surface area is 92.3 Å². The van der Waals surface area contributed by atoms with E-state index in [-0.39, 0.29) is 12.3 Å². The SMILES string of the molecule is O=C(O)C1CCN(C(=O)Cc2ccn[nH]2)C1. The van der Waals surface area contributed by atoms with Crippen LogP contribution in [0.4, 0.5) is 0 Å². The molecule has 2 rings (SSSR count). The van der Waals surface area contributed by atoms with Crippen molar-refractivity contribution >= 4 is 11.9 Å². The Balaban J connectivity index is 1.90. The summed E-state index contributed by atoms with van der Waals surface area (Å²) in [6, 6.07) is 1.74. The summed E-state index contributed by atoms with van der Waals surface area (Å²) in [5.74, 6) is -1.28. The van der Waals surface area contributed by atoms with Crippen LogP contribution < -0.4 is 0 Å². The summed E-state index contributed by atoms with van der Waals surface area (Å²) in [6.45, 7) is 0.853. The Morgan fingerprint density at radius 3 is 3.00 bits per heavy atom. The highest BCUT2D eigenvalue weighted by Crippen LogP contribution is 2.17. The molecule has 2 N–H and O–H groups in total. The summed E-state index contributed by atoms with van der Waals surface area (Å²) >= 11 is 0. The molecule has 1 unspecified atom stereocenters. The van der Waals surface area contributed by atoms with E-state index in [1.54, 1.807) is 17.2 Å². The molecule has 0 aliphatic carbocycles. The van der Waals surface area contributed by atoms with E-state index in [4.69, 9.17) is 5.11 Å². The molecule has 1 aliphatic heterocycles. The van der Waals surface area contributed by atoms with Crippen LogP contribution in [0.15, 0.2) is 12.3 Å². The van der Waals surface area contributed by atoms with E-state index >= 15 is 0 Å². The Hall–Kier alpha value is -1.85. The predicted octanol–water partition coefficient (Wildman–Crippen LogP) is -0.115. The number of aliphatic carboxylic acids is 1. The first kappa shape index (κ1) is 10.7. The largest absolute Gasteiger partial charge is 0.481 e. The molecule has 2 heterocycles. The number of nitrogens with zero attached hydrogens (tertiary/aromatic N) is 2. The van der Waals surface area contributed by atoms with Gasteiger partial charge in [0.25, 0.3) is 0 Å². The number of hydrogen-bond donors (Lipinski definition) is 2. The highest BCUT2D eigenvalue weighted by atomic mass is 16.4. The molecule has 86 valence electrons. The second-order valence-corrected chi connectivity index (χ2v) is 3.92. The van der Waals surface area contributed by atoms with Crippen LogP contribution in [0.1, 0.15) is 12.1 Å². The van der Waals surface area contributed by atoms with E-state index in [0.717, 1.165) is 5.69 Å². The zero-order chi connectivity index (χ0) is 11.5. The molecule has 0 radical (unpaired) electrons. The van der Waals surface area contributed by atoms with Crippen molar-refractivity contribution in [2.24, 2.45) is 5.92 Å². The summed E-state index contributed by atoms with van der Waals surface area (Å²) in [7, 11) is 0. The van der Waals surface area contributed by atoms with Crippen LogP contribution in [0.5, 0.6) is 0 Å². The second kappa shape index (κ2) is 4.34. The van der Waals surface area contributed by atoms with Gasteiger partial charge in [-0.05, 0) is 12.5 Å². The minimum atomic E-state index is -0.822. The number of aromatic nitrogens is 2. The van der Waals surface area contributed by atoms with Crippen LogP contribution in [0.3, 0.4) is 0 Å². The van der Waals surface area contributed by atoms with Crippen LogP contribution in [0.2, 0.25) is 0 Å². The topological polar surface area (TPSA) is 86.3 Å². The first-order valence-corrected chi connectivity index (χ1v) is 5.15. The van der Waals surface area contributed by atoms with Crippen molar-refractivity contribution in [1.29, 1.82) is 0 Å². The number of carboxylic acid groups (broad SMARTS) is 1. The average molecular weight is 223 g/mol. The smallest absolute Gasteiger partial charge is 0.308 e. The lowest BCUT2D eigenvalue weighted by atomic mass is 10.1. The molecule has 1 saturated heterocycles. The fraction of sp³-hybridized carbons (Fsp3) is 0.500. The molecule has 1 aromatic rings. The number of hydrogen-bond acceptors (Lipinski definition) is 3. The molecule has 0 spiro atoms. The van der Waals surface area contributed by atoms with E-state index < -0.39 is 11.9 Å². The molecular weight excluding hydrogens is 210 g/mol. The Kier molecular flexibility index (Phi) is 2.89. The molecule has 0 bridgehead atoms. The van der Waals surface area contributed by atoms with Crippen molar-refractivity contribution in [3.63, 3.8) is 0 Å². The van der Waals surface area contributed by atoms with E-state index in [9.17, 15) is 9.59 Å². The van der Waals surface area contributed by atoms with Gasteiger partial charge in [0.15, 0.2) is 0 Å². The molecule has 1 atom stereocenters. The van der Waals surface area contributed by atoms with Crippen molar-refractivity contribution < 1.29 is 14.7 Å². The minimum Gasteiger partial charge on any atom is -0.481 e. The van der Waals surface area contributed by atoms with Crippen LogP contribution >= 0.6 is 0 Å². The third-order valence-electron chi connectivity index (χ3n) is 2.79. The second-order valence-electron chi connectivity index (χ2n) is 3.92. The van der Waals surface area contributed by atoms with Crippen molar-refractivity contribution in [1.82, 2.24) is 15.1 Å². The molecule has 1 amide bonds. The molecular formula is C10H13N3O3. The Bertz CT molecular complexity index is 388. The maximum Gasteiger partial charge on any atom is 0.308 e. The number of H-pyrrole nitrogens is 1. The summed E-state index contributed by atoms with van der Waals surface area (Å²) in [6.07, 6.45) is 2.39. The zero-order valence-electron chi connectivity index (χ0n) is 8.72. The van der Waals surface area contributed by atoms with E-state index in [1.165, 1.54) is 0 Å². The third kappa shape index (κ3) is 2.21. The van der Waals surface area contributed by atoms with Crippen molar-refractivity contribution in [2.45, 2.75) is 12.8 Å². The van der Waals surface area contributed by atoms with Gasteiger partial charge in [0, 0.05) is 25.0 Å². The summed E-state index contributed by atoms with van der Waals surface area (Å²) in [4.78, 5) is 24.1. The normalized spacial score (nSPS) is 20.0. The quantitative estimate of drug-likeness (QED) is 0.748. The standard InChI is InChI=1S/C10H13N3O3/c14-9(5-8-1-3-11-12-8)13-4-2-7(6-13)10(15)16/h1,3,7H,2,4-6H2,(H,11,12)(H,15,16). The lowest BCUT2D eigenvalue weighted by molar-refractivity contribution is -0.141. The van der Waals surface area contributed by atoms with Crippen LogP contribution in [-0.2, 0) is 16.0 Å². The van der Waals surface area contributed by atoms with Gasteiger partial charge in [-0.15, -0.1) is 0 Å². The van der Waals surface area contributed by atoms with Gasteiger partial charge in [-0.3, -0.25) is 14.7 Å². The number of carbonyl (C=O) groups is 2. The maximum atomic E-state index is 11.8. The molecule has 1 fully saturated rings. The van der Waals surface area contributed by atoms with E-state index in [0.29, 0.717) is 19.5 Å². The van der Waals surface area contributed by atoms with Gasteiger partial charge in [-0.25, -0.2) is 0 Å². The predicted molar refractivity (Wildman–Crippen MR) is 54.6 cm³/mol. The Morgan fingerprint density at radius 1 is 1.62 bits per heavy atom. The van der Waals surface area contributed by atoms with Crippen LogP contribution in [-0.4, -0.2) is 45.2 Å². The number of amides is 1.